The summed E-state index contributed by atoms with van der Waals surface area (Å²) < 4.78 is 28.5. The highest BCUT2D eigenvalue weighted by molar-refractivity contribution is 7.91. The van der Waals surface area contributed by atoms with Crippen LogP contribution in [0, 0.1) is 0 Å². The quantitative estimate of drug-likeness (QED) is 0.739. The molecule has 18 heavy (non-hydrogen) atoms. The van der Waals surface area contributed by atoms with Crippen LogP contribution in [0.2, 0.25) is 0 Å². The van der Waals surface area contributed by atoms with Gasteiger partial charge in [-0.2, -0.15) is 12.6 Å². The minimum Gasteiger partial charge on any atom is -0.482 e. The summed E-state index contributed by atoms with van der Waals surface area (Å²) in [5.74, 6) is -0.198. The van der Waals surface area contributed by atoms with Crippen molar-refractivity contribution >= 4 is 28.4 Å². The summed E-state index contributed by atoms with van der Waals surface area (Å²) in [5.41, 5.74) is 0. The van der Waals surface area contributed by atoms with Crippen molar-refractivity contribution in [1.82, 2.24) is 0 Å². The summed E-state index contributed by atoms with van der Waals surface area (Å²) in [6.45, 7) is -0.453. The summed E-state index contributed by atoms with van der Waals surface area (Å²) in [4.78, 5) is 10.5. The molecule has 0 amide bonds. The molecule has 0 heterocycles. The van der Waals surface area contributed by atoms with Gasteiger partial charge in [0.05, 0.1) is 10.6 Å². The maximum absolute atomic E-state index is 11.8. The first-order chi connectivity index (χ1) is 8.45. The van der Waals surface area contributed by atoms with Gasteiger partial charge in [-0.15, -0.1) is 0 Å². The highest BCUT2D eigenvalue weighted by Crippen LogP contribution is 2.17. The third-order valence-corrected chi connectivity index (χ3v) is 4.25. The summed E-state index contributed by atoms with van der Waals surface area (Å²) in [6, 6.07) is 5.70. The third kappa shape index (κ3) is 4.58. The number of carboxylic acid groups (broad SMARTS) is 1. The smallest absolute Gasteiger partial charge is 0.341 e. The van der Waals surface area contributed by atoms with E-state index < -0.39 is 22.4 Å². The van der Waals surface area contributed by atoms with Gasteiger partial charge in [0, 0.05) is 0 Å². The lowest BCUT2D eigenvalue weighted by Gasteiger charge is -2.06. The Hall–Kier alpha value is -1.21. The second kappa shape index (κ2) is 6.65. The van der Waals surface area contributed by atoms with Crippen molar-refractivity contribution < 1.29 is 23.1 Å². The first-order valence-corrected chi connectivity index (χ1v) is 7.52. The molecule has 1 aromatic carbocycles. The van der Waals surface area contributed by atoms with E-state index >= 15 is 0 Å². The number of ether oxygens (including phenoxy) is 1. The lowest BCUT2D eigenvalue weighted by Crippen LogP contribution is -2.10. The SMILES string of the molecule is O=C(O)COc1ccc(S(=O)(=O)CCCS)cc1. The van der Waals surface area contributed by atoms with Crippen LogP contribution in [0.5, 0.6) is 5.75 Å². The van der Waals surface area contributed by atoms with Crippen molar-refractivity contribution in [2.45, 2.75) is 11.3 Å². The van der Waals surface area contributed by atoms with Gasteiger partial charge in [0.15, 0.2) is 16.4 Å². The number of carbonyl (C=O) groups is 1. The Kier molecular flexibility index (Phi) is 5.49. The molecule has 0 aromatic heterocycles. The normalized spacial score (nSPS) is 11.2. The fourth-order valence-corrected chi connectivity index (χ4v) is 2.94. The van der Waals surface area contributed by atoms with Crippen molar-refractivity contribution in [3.8, 4) is 5.75 Å². The standard InChI is InChI=1S/C11H14O5S2/c12-11(13)8-16-9-2-4-10(5-3-9)18(14,15)7-1-6-17/h2-5,17H,1,6-8H2,(H,12,13). The van der Waals surface area contributed by atoms with Gasteiger partial charge in [-0.25, -0.2) is 13.2 Å². The fraction of sp³-hybridized carbons (Fsp3) is 0.364. The van der Waals surface area contributed by atoms with Gasteiger partial charge < -0.3 is 9.84 Å². The Balaban J connectivity index is 2.73. The van der Waals surface area contributed by atoms with Gasteiger partial charge in [0.1, 0.15) is 5.75 Å². The lowest BCUT2D eigenvalue weighted by molar-refractivity contribution is -0.139. The van der Waals surface area contributed by atoms with Crippen LogP contribution in [-0.2, 0) is 14.6 Å². The van der Waals surface area contributed by atoms with E-state index in [1.54, 1.807) is 0 Å². The van der Waals surface area contributed by atoms with Crippen molar-refractivity contribution in [1.29, 1.82) is 0 Å². The topological polar surface area (TPSA) is 80.7 Å². The molecule has 100 valence electrons. The van der Waals surface area contributed by atoms with E-state index in [4.69, 9.17) is 9.84 Å². The van der Waals surface area contributed by atoms with Crippen LogP contribution in [0.4, 0.5) is 0 Å². The second-order valence-corrected chi connectivity index (χ2v) is 6.11. The zero-order valence-electron chi connectivity index (χ0n) is 9.57. The third-order valence-electron chi connectivity index (χ3n) is 2.12. The highest BCUT2D eigenvalue weighted by atomic mass is 32.2. The van der Waals surface area contributed by atoms with E-state index in [-0.39, 0.29) is 10.6 Å². The predicted molar refractivity (Wildman–Crippen MR) is 70.1 cm³/mol. The molecule has 0 saturated heterocycles. The monoisotopic (exact) mass is 290 g/mol. The average molecular weight is 290 g/mol. The van der Waals surface area contributed by atoms with E-state index in [2.05, 4.69) is 12.6 Å². The van der Waals surface area contributed by atoms with Gasteiger partial charge >= 0.3 is 5.97 Å². The molecule has 0 aliphatic carbocycles. The molecule has 0 saturated carbocycles. The van der Waals surface area contributed by atoms with Gasteiger partial charge in [-0.1, -0.05) is 0 Å². The van der Waals surface area contributed by atoms with E-state index in [9.17, 15) is 13.2 Å². The largest absolute Gasteiger partial charge is 0.482 e. The molecule has 1 rings (SSSR count). The van der Waals surface area contributed by atoms with Crippen LogP contribution in [0.15, 0.2) is 29.2 Å². The molecule has 0 spiro atoms. The number of benzene rings is 1. The molecule has 0 bridgehead atoms. The summed E-state index contributed by atoms with van der Waals surface area (Å²) >= 11 is 3.97. The van der Waals surface area contributed by atoms with E-state index in [1.165, 1.54) is 24.3 Å². The molecule has 0 unspecified atom stereocenters. The van der Waals surface area contributed by atoms with Gasteiger partial charge in [0.2, 0.25) is 0 Å². The summed E-state index contributed by atoms with van der Waals surface area (Å²) in [5, 5.41) is 8.43. The van der Waals surface area contributed by atoms with Crippen LogP contribution in [0.1, 0.15) is 6.42 Å². The van der Waals surface area contributed by atoms with Crippen molar-refractivity contribution in [3.05, 3.63) is 24.3 Å². The van der Waals surface area contributed by atoms with Crippen molar-refractivity contribution in [3.63, 3.8) is 0 Å². The first-order valence-electron chi connectivity index (χ1n) is 5.24. The van der Waals surface area contributed by atoms with Gasteiger partial charge in [-0.3, -0.25) is 0 Å². The molecule has 1 aromatic rings. The Labute approximate surface area is 111 Å². The minimum absolute atomic E-state index is 0.0475. The number of thiol groups is 1. The molecule has 7 heteroatoms. The average Bonchev–Trinajstić information content (AvgIpc) is 2.34. The second-order valence-electron chi connectivity index (χ2n) is 3.55. The van der Waals surface area contributed by atoms with Crippen LogP contribution < -0.4 is 4.74 Å². The number of hydrogen-bond acceptors (Lipinski definition) is 5. The van der Waals surface area contributed by atoms with E-state index in [1.807, 2.05) is 0 Å². The minimum atomic E-state index is -3.29. The Morgan fingerprint density at radius 3 is 2.39 bits per heavy atom. The predicted octanol–water partition coefficient (Wildman–Crippen LogP) is 1.24. The Bertz CT molecular complexity index is 493. The van der Waals surface area contributed by atoms with Gasteiger partial charge in [-0.05, 0) is 36.4 Å². The lowest BCUT2D eigenvalue weighted by atomic mass is 10.3. The van der Waals surface area contributed by atoms with Crippen molar-refractivity contribution in [2.24, 2.45) is 0 Å². The fourth-order valence-electron chi connectivity index (χ4n) is 1.26. The summed E-state index contributed by atoms with van der Waals surface area (Å²) in [6.07, 6.45) is 0.489. The number of hydrogen-bond donors (Lipinski definition) is 2. The Morgan fingerprint density at radius 1 is 1.28 bits per heavy atom. The van der Waals surface area contributed by atoms with Crippen LogP contribution in [0.25, 0.3) is 0 Å². The first kappa shape index (κ1) is 14.8. The molecular formula is C11H14O5S2. The summed E-state index contributed by atoms with van der Waals surface area (Å²) in [7, 11) is -3.29. The molecular weight excluding hydrogens is 276 g/mol. The van der Waals surface area contributed by atoms with Crippen LogP contribution in [-0.4, -0.2) is 37.6 Å². The van der Waals surface area contributed by atoms with Gasteiger partial charge in [0.25, 0.3) is 0 Å². The number of sulfone groups is 1. The molecule has 1 N–H and O–H groups in total. The molecule has 5 nitrogen and oxygen atoms in total. The maximum atomic E-state index is 11.8. The molecule has 0 radical (unpaired) electrons. The maximum Gasteiger partial charge on any atom is 0.341 e. The molecule has 0 aliphatic heterocycles. The zero-order chi connectivity index (χ0) is 13.6. The number of aliphatic carboxylic acids is 1. The van der Waals surface area contributed by atoms with Crippen LogP contribution in [0.3, 0.4) is 0 Å². The van der Waals surface area contributed by atoms with E-state index in [0.29, 0.717) is 17.9 Å². The highest BCUT2D eigenvalue weighted by Gasteiger charge is 2.13. The van der Waals surface area contributed by atoms with Crippen molar-refractivity contribution in [2.75, 3.05) is 18.1 Å². The number of rotatable bonds is 7. The molecule has 0 fully saturated rings. The van der Waals surface area contributed by atoms with Crippen LogP contribution >= 0.6 is 12.6 Å². The Morgan fingerprint density at radius 2 is 1.89 bits per heavy atom. The zero-order valence-corrected chi connectivity index (χ0v) is 11.3. The molecule has 0 atom stereocenters. The van der Waals surface area contributed by atoms with E-state index in [0.717, 1.165) is 0 Å². The molecule has 0 aliphatic rings. The number of carboxylic acids is 1.